The van der Waals surface area contributed by atoms with Gasteiger partial charge in [0.25, 0.3) is 11.5 Å². The van der Waals surface area contributed by atoms with Crippen molar-refractivity contribution in [1.29, 1.82) is 0 Å². The second-order valence-electron chi connectivity index (χ2n) is 5.60. The molecule has 0 saturated carbocycles. The van der Waals surface area contributed by atoms with E-state index >= 15 is 0 Å². The van der Waals surface area contributed by atoms with Gasteiger partial charge in [0.15, 0.2) is 0 Å². The number of amides is 1. The van der Waals surface area contributed by atoms with Crippen LogP contribution >= 0.6 is 11.3 Å². The largest absolute Gasteiger partial charge is 0.345 e. The number of rotatable bonds is 5. The van der Waals surface area contributed by atoms with Crippen molar-refractivity contribution in [3.63, 3.8) is 0 Å². The molecule has 0 aliphatic carbocycles. The molecule has 0 aliphatic rings. The topological polar surface area (TPSA) is 106 Å². The fourth-order valence-corrected chi connectivity index (χ4v) is 3.24. The summed E-state index contributed by atoms with van der Waals surface area (Å²) in [5.74, 6) is -0.379. The molecular weight excluding hydrogens is 364 g/mol. The van der Waals surface area contributed by atoms with E-state index in [9.17, 15) is 9.59 Å². The van der Waals surface area contributed by atoms with Crippen molar-refractivity contribution in [2.45, 2.75) is 6.54 Å². The van der Waals surface area contributed by atoms with Gasteiger partial charge in [0.2, 0.25) is 0 Å². The van der Waals surface area contributed by atoms with Gasteiger partial charge in [-0.15, -0.1) is 11.3 Å². The molecule has 0 aliphatic heterocycles. The summed E-state index contributed by atoms with van der Waals surface area (Å²) in [5.41, 5.74) is 1.94. The molecule has 0 bridgehead atoms. The van der Waals surface area contributed by atoms with Crippen LogP contribution in [0.15, 0.2) is 65.2 Å². The van der Waals surface area contributed by atoms with Crippen molar-refractivity contribution < 1.29 is 4.79 Å². The standard InChI is InChI=1S/C18H14N6O2S/c25-16-8-14(23-24(16)13-4-2-1-3-5-13)17(26)21-9-12-11-27-18(22-12)15-10-19-6-7-20-15/h1-8,10-11,23H,9H2,(H,21,26). The molecule has 3 heterocycles. The van der Waals surface area contributed by atoms with Crippen LogP contribution < -0.4 is 10.9 Å². The monoisotopic (exact) mass is 378 g/mol. The fourth-order valence-electron chi connectivity index (χ4n) is 2.46. The van der Waals surface area contributed by atoms with Crippen LogP contribution in [0.1, 0.15) is 16.2 Å². The molecule has 9 heteroatoms. The van der Waals surface area contributed by atoms with Gasteiger partial charge in [-0.2, -0.15) is 0 Å². The number of nitrogens with zero attached hydrogens (tertiary/aromatic N) is 4. The molecule has 134 valence electrons. The maximum Gasteiger partial charge on any atom is 0.271 e. The molecule has 0 atom stereocenters. The number of aromatic nitrogens is 5. The number of aromatic amines is 1. The predicted molar refractivity (Wildman–Crippen MR) is 101 cm³/mol. The van der Waals surface area contributed by atoms with Crippen LogP contribution in [-0.4, -0.2) is 30.6 Å². The lowest BCUT2D eigenvalue weighted by Crippen LogP contribution is -2.23. The quantitative estimate of drug-likeness (QED) is 0.553. The third kappa shape index (κ3) is 3.67. The summed E-state index contributed by atoms with van der Waals surface area (Å²) in [6.07, 6.45) is 4.84. The summed E-state index contributed by atoms with van der Waals surface area (Å²) in [7, 11) is 0. The molecular formula is C18H14N6O2S. The van der Waals surface area contributed by atoms with Gasteiger partial charge < -0.3 is 5.32 Å². The summed E-state index contributed by atoms with van der Waals surface area (Å²) in [5, 5.41) is 8.16. The van der Waals surface area contributed by atoms with E-state index in [0.29, 0.717) is 17.1 Å². The highest BCUT2D eigenvalue weighted by atomic mass is 32.1. The lowest BCUT2D eigenvalue weighted by molar-refractivity contribution is 0.0945. The highest BCUT2D eigenvalue weighted by Crippen LogP contribution is 2.20. The zero-order valence-corrected chi connectivity index (χ0v) is 14.8. The average Bonchev–Trinajstić information content (AvgIpc) is 3.34. The van der Waals surface area contributed by atoms with E-state index in [1.54, 1.807) is 30.7 Å². The Morgan fingerprint density at radius 2 is 2.07 bits per heavy atom. The Balaban J connectivity index is 1.45. The first-order valence-electron chi connectivity index (χ1n) is 8.07. The van der Waals surface area contributed by atoms with Crippen molar-refractivity contribution in [2.75, 3.05) is 0 Å². The first-order chi connectivity index (χ1) is 13.2. The second-order valence-corrected chi connectivity index (χ2v) is 6.45. The number of thiazole rings is 1. The van der Waals surface area contributed by atoms with Crippen molar-refractivity contribution in [3.05, 3.63) is 82.1 Å². The fraction of sp³-hybridized carbons (Fsp3) is 0.0556. The molecule has 0 radical (unpaired) electrons. The maximum atomic E-state index is 12.4. The van der Waals surface area contributed by atoms with E-state index in [1.807, 2.05) is 23.6 Å². The zero-order valence-electron chi connectivity index (χ0n) is 14.0. The molecule has 0 spiro atoms. The summed E-state index contributed by atoms with van der Waals surface area (Å²) >= 11 is 1.43. The van der Waals surface area contributed by atoms with Gasteiger partial charge in [-0.3, -0.25) is 24.7 Å². The van der Waals surface area contributed by atoms with Gasteiger partial charge in [-0.1, -0.05) is 18.2 Å². The van der Waals surface area contributed by atoms with Gasteiger partial charge >= 0.3 is 0 Å². The number of hydrogen-bond acceptors (Lipinski definition) is 6. The summed E-state index contributed by atoms with van der Waals surface area (Å²) in [6, 6.07) is 10.3. The Morgan fingerprint density at radius 1 is 1.22 bits per heavy atom. The van der Waals surface area contributed by atoms with Crippen molar-refractivity contribution in [1.82, 2.24) is 30.0 Å². The minimum atomic E-state index is -0.379. The average molecular weight is 378 g/mol. The van der Waals surface area contributed by atoms with Crippen LogP contribution in [0, 0.1) is 0 Å². The molecule has 4 aromatic rings. The van der Waals surface area contributed by atoms with Crippen LogP contribution in [0.2, 0.25) is 0 Å². The van der Waals surface area contributed by atoms with E-state index in [2.05, 4.69) is 25.4 Å². The Labute approximate surface area is 157 Å². The molecule has 8 nitrogen and oxygen atoms in total. The summed E-state index contributed by atoms with van der Waals surface area (Å²) in [4.78, 5) is 37.1. The predicted octanol–water partition coefficient (Wildman–Crippen LogP) is 2.01. The second kappa shape index (κ2) is 7.34. The van der Waals surface area contributed by atoms with Crippen molar-refractivity contribution >= 4 is 17.2 Å². The molecule has 3 aromatic heterocycles. The first-order valence-corrected chi connectivity index (χ1v) is 8.95. The molecule has 1 amide bonds. The minimum absolute atomic E-state index is 0.188. The third-order valence-electron chi connectivity index (χ3n) is 3.74. The van der Waals surface area contributed by atoms with Crippen molar-refractivity contribution in [3.8, 4) is 16.4 Å². The highest BCUT2D eigenvalue weighted by Gasteiger charge is 2.13. The van der Waals surface area contributed by atoms with E-state index in [1.165, 1.54) is 22.1 Å². The highest BCUT2D eigenvalue weighted by molar-refractivity contribution is 7.13. The number of benzene rings is 1. The number of nitrogens with one attached hydrogen (secondary N) is 2. The minimum Gasteiger partial charge on any atom is -0.345 e. The Morgan fingerprint density at radius 3 is 2.85 bits per heavy atom. The summed E-state index contributed by atoms with van der Waals surface area (Å²) in [6.45, 7) is 0.244. The molecule has 0 saturated heterocycles. The van der Waals surface area contributed by atoms with Crippen LogP contribution in [0.3, 0.4) is 0 Å². The third-order valence-corrected chi connectivity index (χ3v) is 4.66. The molecule has 1 aromatic carbocycles. The number of para-hydroxylation sites is 1. The molecule has 27 heavy (non-hydrogen) atoms. The number of carbonyl (C=O) groups is 1. The van der Waals surface area contributed by atoms with Crippen LogP contribution in [0.4, 0.5) is 0 Å². The normalized spacial score (nSPS) is 10.7. The number of hydrogen-bond donors (Lipinski definition) is 2. The van der Waals surface area contributed by atoms with Gasteiger partial charge in [0.1, 0.15) is 16.4 Å². The van der Waals surface area contributed by atoms with E-state index in [0.717, 1.165) is 5.01 Å². The molecule has 2 N–H and O–H groups in total. The summed E-state index contributed by atoms with van der Waals surface area (Å²) < 4.78 is 1.32. The van der Waals surface area contributed by atoms with Gasteiger partial charge in [-0.05, 0) is 12.1 Å². The molecule has 0 unspecified atom stereocenters. The lowest BCUT2D eigenvalue weighted by Gasteiger charge is -2.02. The van der Waals surface area contributed by atoms with Gasteiger partial charge in [0.05, 0.1) is 24.1 Å². The van der Waals surface area contributed by atoms with Crippen LogP contribution in [0.5, 0.6) is 0 Å². The van der Waals surface area contributed by atoms with Gasteiger partial charge in [-0.25, -0.2) is 9.67 Å². The Bertz CT molecular complexity index is 1120. The lowest BCUT2D eigenvalue weighted by atomic mass is 10.3. The van der Waals surface area contributed by atoms with E-state index in [-0.39, 0.29) is 23.7 Å². The van der Waals surface area contributed by atoms with E-state index < -0.39 is 0 Å². The van der Waals surface area contributed by atoms with Crippen molar-refractivity contribution in [2.24, 2.45) is 0 Å². The number of carbonyl (C=O) groups excluding carboxylic acids is 1. The SMILES string of the molecule is O=C(NCc1csc(-c2cnccn2)n1)c1cc(=O)n(-c2ccccc2)[nH]1. The van der Waals surface area contributed by atoms with Crippen LogP contribution in [-0.2, 0) is 6.54 Å². The molecule has 4 rings (SSSR count). The van der Waals surface area contributed by atoms with E-state index in [4.69, 9.17) is 0 Å². The Hall–Kier alpha value is -3.59. The first kappa shape index (κ1) is 16.9. The van der Waals surface area contributed by atoms with Crippen LogP contribution in [0.25, 0.3) is 16.4 Å². The number of H-pyrrole nitrogens is 1. The zero-order chi connectivity index (χ0) is 18.6. The van der Waals surface area contributed by atoms with Gasteiger partial charge in [0, 0.05) is 23.8 Å². The Kier molecular flexibility index (Phi) is 4.58. The maximum absolute atomic E-state index is 12.4. The molecule has 0 fully saturated rings. The smallest absolute Gasteiger partial charge is 0.271 e.